The molecule has 0 bridgehead atoms. The number of anilines is 1. The van der Waals surface area contributed by atoms with E-state index in [0.717, 1.165) is 11.3 Å². The molecule has 0 saturated carbocycles. The van der Waals surface area contributed by atoms with E-state index in [2.05, 4.69) is 10.9 Å². The summed E-state index contributed by atoms with van der Waals surface area (Å²) < 4.78 is 0. The fraction of sp³-hybridized carbons (Fsp3) is 0.263. The van der Waals surface area contributed by atoms with Crippen LogP contribution in [0.5, 0.6) is 0 Å². The van der Waals surface area contributed by atoms with Crippen molar-refractivity contribution < 1.29 is 9.59 Å². The van der Waals surface area contributed by atoms with E-state index in [1.165, 1.54) is 0 Å². The van der Waals surface area contributed by atoms with Crippen LogP contribution >= 0.6 is 0 Å². The average molecular weight is 325 g/mol. The number of nitrogens with one attached hydrogen (secondary N) is 2. The Balaban J connectivity index is 1.96. The van der Waals surface area contributed by atoms with Crippen LogP contribution in [-0.2, 0) is 4.79 Å². The van der Waals surface area contributed by atoms with Gasteiger partial charge in [-0.2, -0.15) is 0 Å². The van der Waals surface area contributed by atoms with Crippen molar-refractivity contribution in [3.63, 3.8) is 0 Å². The molecule has 0 unspecified atom stereocenters. The number of hydrogen-bond donors (Lipinski definition) is 2. The van der Waals surface area contributed by atoms with E-state index in [1.54, 1.807) is 12.1 Å². The van der Waals surface area contributed by atoms with Crippen molar-refractivity contribution in [1.82, 2.24) is 10.9 Å². The van der Waals surface area contributed by atoms with Gasteiger partial charge in [0.15, 0.2) is 0 Å². The third-order valence-corrected chi connectivity index (χ3v) is 3.87. The smallest absolute Gasteiger partial charge is 0.269 e. The molecule has 2 rings (SSSR count). The highest BCUT2D eigenvalue weighted by Gasteiger charge is 2.19. The van der Waals surface area contributed by atoms with E-state index in [0.29, 0.717) is 12.0 Å². The molecule has 0 spiro atoms. The fourth-order valence-electron chi connectivity index (χ4n) is 2.45. The number of carbonyl (C=O) groups is 2. The standard InChI is InChI=1S/C19H23N3O2/c1-4-17(14-8-6-5-7-9-14)19(24)21-20-18(23)15-10-12-16(13-11-15)22(2)3/h5-13,17H,4H2,1-3H3,(H,20,23)(H,21,24)/t17-/m1/s1. The minimum absolute atomic E-state index is 0.220. The highest BCUT2D eigenvalue weighted by Crippen LogP contribution is 2.19. The molecule has 5 heteroatoms. The van der Waals surface area contributed by atoms with Crippen molar-refractivity contribution in [3.05, 3.63) is 65.7 Å². The minimum atomic E-state index is -0.337. The van der Waals surface area contributed by atoms with Crippen molar-refractivity contribution in [2.75, 3.05) is 19.0 Å². The molecular formula is C19H23N3O2. The van der Waals surface area contributed by atoms with Gasteiger partial charge in [0, 0.05) is 25.3 Å². The Morgan fingerprint density at radius 1 is 0.958 bits per heavy atom. The highest BCUT2D eigenvalue weighted by atomic mass is 16.2. The maximum Gasteiger partial charge on any atom is 0.269 e. The Morgan fingerprint density at radius 3 is 2.12 bits per heavy atom. The SMILES string of the molecule is CC[C@@H](C(=O)NNC(=O)c1ccc(N(C)C)cc1)c1ccccc1. The largest absolute Gasteiger partial charge is 0.378 e. The van der Waals surface area contributed by atoms with Crippen molar-refractivity contribution >= 4 is 17.5 Å². The molecule has 24 heavy (non-hydrogen) atoms. The van der Waals surface area contributed by atoms with Gasteiger partial charge in [-0.05, 0) is 36.2 Å². The number of carbonyl (C=O) groups excluding carboxylic acids is 2. The monoisotopic (exact) mass is 325 g/mol. The van der Waals surface area contributed by atoms with Gasteiger partial charge < -0.3 is 4.90 Å². The van der Waals surface area contributed by atoms with Crippen molar-refractivity contribution in [1.29, 1.82) is 0 Å². The summed E-state index contributed by atoms with van der Waals surface area (Å²) in [6.45, 7) is 1.94. The van der Waals surface area contributed by atoms with Gasteiger partial charge >= 0.3 is 0 Å². The Hall–Kier alpha value is -2.82. The summed E-state index contributed by atoms with van der Waals surface area (Å²) >= 11 is 0. The zero-order valence-corrected chi connectivity index (χ0v) is 14.2. The van der Waals surface area contributed by atoms with Crippen molar-refractivity contribution in [2.45, 2.75) is 19.3 Å². The molecule has 126 valence electrons. The topological polar surface area (TPSA) is 61.4 Å². The Bertz CT molecular complexity index is 682. The Labute approximate surface area is 142 Å². The lowest BCUT2D eigenvalue weighted by atomic mass is 9.96. The fourth-order valence-corrected chi connectivity index (χ4v) is 2.45. The molecule has 0 saturated heterocycles. The molecule has 0 radical (unpaired) electrons. The van der Waals surface area contributed by atoms with Gasteiger partial charge in [-0.25, -0.2) is 0 Å². The molecule has 0 fully saturated rings. The van der Waals surface area contributed by atoms with E-state index in [4.69, 9.17) is 0 Å². The first-order valence-corrected chi connectivity index (χ1v) is 7.95. The molecule has 0 aliphatic carbocycles. The summed E-state index contributed by atoms with van der Waals surface area (Å²) in [6, 6.07) is 16.7. The number of nitrogens with zero attached hydrogens (tertiary/aromatic N) is 1. The Kier molecular flexibility index (Phi) is 5.95. The normalized spacial score (nSPS) is 11.5. The van der Waals surface area contributed by atoms with Crippen LogP contribution in [0.4, 0.5) is 5.69 Å². The molecule has 2 aromatic carbocycles. The second kappa shape index (κ2) is 8.15. The predicted molar refractivity (Wildman–Crippen MR) is 95.9 cm³/mol. The molecule has 0 aliphatic rings. The van der Waals surface area contributed by atoms with Crippen LogP contribution in [0.3, 0.4) is 0 Å². The van der Waals surface area contributed by atoms with Gasteiger partial charge in [-0.1, -0.05) is 37.3 Å². The zero-order chi connectivity index (χ0) is 17.5. The first kappa shape index (κ1) is 17.5. The zero-order valence-electron chi connectivity index (χ0n) is 14.2. The van der Waals surface area contributed by atoms with E-state index in [9.17, 15) is 9.59 Å². The average Bonchev–Trinajstić information content (AvgIpc) is 2.61. The van der Waals surface area contributed by atoms with Gasteiger partial charge in [0.25, 0.3) is 5.91 Å². The maximum absolute atomic E-state index is 12.3. The number of rotatable bonds is 5. The summed E-state index contributed by atoms with van der Waals surface area (Å²) in [5.74, 6) is -0.846. The van der Waals surface area contributed by atoms with Crippen LogP contribution in [0.25, 0.3) is 0 Å². The quantitative estimate of drug-likeness (QED) is 0.831. The van der Waals surface area contributed by atoms with Gasteiger partial charge in [0.1, 0.15) is 0 Å². The predicted octanol–water partition coefficient (Wildman–Crippen LogP) is 2.71. The summed E-state index contributed by atoms with van der Waals surface area (Å²) in [5, 5.41) is 0. The summed E-state index contributed by atoms with van der Waals surface area (Å²) in [6.07, 6.45) is 0.656. The highest BCUT2D eigenvalue weighted by molar-refractivity contribution is 5.96. The van der Waals surface area contributed by atoms with Crippen LogP contribution in [0.1, 0.15) is 35.2 Å². The third kappa shape index (κ3) is 4.35. The second-order valence-corrected chi connectivity index (χ2v) is 5.76. The van der Waals surface area contributed by atoms with Crippen molar-refractivity contribution in [2.24, 2.45) is 0 Å². The number of hydrazine groups is 1. The summed E-state index contributed by atoms with van der Waals surface area (Å²) in [5.41, 5.74) is 7.43. The number of benzene rings is 2. The van der Waals surface area contributed by atoms with E-state index in [1.807, 2.05) is 68.4 Å². The van der Waals surface area contributed by atoms with E-state index >= 15 is 0 Å². The first-order valence-electron chi connectivity index (χ1n) is 7.95. The molecule has 2 N–H and O–H groups in total. The lowest BCUT2D eigenvalue weighted by Crippen LogP contribution is -2.43. The lowest BCUT2D eigenvalue weighted by molar-refractivity contribution is -0.123. The molecule has 5 nitrogen and oxygen atoms in total. The molecule has 0 aromatic heterocycles. The van der Waals surface area contributed by atoms with Gasteiger partial charge in [0.2, 0.25) is 5.91 Å². The summed E-state index contributed by atoms with van der Waals surface area (Å²) in [7, 11) is 3.87. The molecule has 1 atom stereocenters. The molecular weight excluding hydrogens is 302 g/mol. The first-order chi connectivity index (χ1) is 11.5. The lowest BCUT2D eigenvalue weighted by Gasteiger charge is -2.16. The molecule has 2 amide bonds. The third-order valence-electron chi connectivity index (χ3n) is 3.87. The number of amides is 2. The van der Waals surface area contributed by atoms with Gasteiger partial charge in [-0.15, -0.1) is 0 Å². The molecule has 0 aliphatic heterocycles. The molecule has 2 aromatic rings. The molecule has 0 heterocycles. The van der Waals surface area contributed by atoms with Crippen LogP contribution in [0.2, 0.25) is 0 Å². The second-order valence-electron chi connectivity index (χ2n) is 5.76. The number of hydrogen-bond acceptors (Lipinski definition) is 3. The minimum Gasteiger partial charge on any atom is -0.378 e. The van der Waals surface area contributed by atoms with E-state index in [-0.39, 0.29) is 17.7 Å². The summed E-state index contributed by atoms with van der Waals surface area (Å²) in [4.78, 5) is 26.4. The van der Waals surface area contributed by atoms with Gasteiger partial charge in [0.05, 0.1) is 5.92 Å². The van der Waals surface area contributed by atoms with E-state index < -0.39 is 0 Å². The van der Waals surface area contributed by atoms with Crippen LogP contribution in [0.15, 0.2) is 54.6 Å². The van der Waals surface area contributed by atoms with Crippen LogP contribution in [0, 0.1) is 0 Å². The van der Waals surface area contributed by atoms with Crippen LogP contribution in [-0.4, -0.2) is 25.9 Å². The van der Waals surface area contributed by atoms with Gasteiger partial charge in [-0.3, -0.25) is 20.4 Å². The Morgan fingerprint density at radius 2 is 1.58 bits per heavy atom. The maximum atomic E-state index is 12.3. The van der Waals surface area contributed by atoms with Crippen molar-refractivity contribution in [3.8, 4) is 0 Å². The van der Waals surface area contributed by atoms with Crippen LogP contribution < -0.4 is 15.8 Å².